The lowest BCUT2D eigenvalue weighted by atomic mass is 9.52. The molecule has 0 saturated heterocycles. The van der Waals surface area contributed by atoms with Crippen molar-refractivity contribution in [2.45, 2.75) is 10.8 Å². The summed E-state index contributed by atoms with van der Waals surface area (Å²) in [5.74, 6) is 1.94. The minimum atomic E-state index is -0.574. The first-order valence-electron chi connectivity index (χ1n) is 22.8. The average Bonchev–Trinajstić information content (AvgIpc) is 3.87. The molecule has 306 valence electrons. The van der Waals surface area contributed by atoms with Gasteiger partial charge in [0, 0.05) is 16.7 Å². The van der Waals surface area contributed by atoms with Crippen molar-refractivity contribution < 1.29 is 0 Å². The minimum Gasteiger partial charge on any atom is -0.208 e. The molecule has 0 fully saturated rings. The minimum absolute atomic E-state index is 0.483. The largest absolute Gasteiger partial charge is 0.208 e. The number of hydrogen-bond acceptors (Lipinski definition) is 3. The van der Waals surface area contributed by atoms with E-state index in [9.17, 15) is 0 Å². The van der Waals surface area contributed by atoms with Gasteiger partial charge in [-0.2, -0.15) is 0 Å². The molecule has 0 aliphatic heterocycles. The maximum Gasteiger partial charge on any atom is 0.164 e. The second-order valence-corrected chi connectivity index (χ2v) is 17.7. The summed E-state index contributed by atoms with van der Waals surface area (Å²) in [6.07, 6.45) is 0. The molecule has 3 aliphatic carbocycles. The van der Waals surface area contributed by atoms with Gasteiger partial charge in [0.2, 0.25) is 0 Å². The summed E-state index contributed by atoms with van der Waals surface area (Å²) in [6, 6.07) is 86.6. The van der Waals surface area contributed by atoms with Gasteiger partial charge in [0.05, 0.1) is 10.8 Å². The van der Waals surface area contributed by atoms with Crippen molar-refractivity contribution >= 4 is 10.8 Å². The third-order valence-electron chi connectivity index (χ3n) is 14.6. The summed E-state index contributed by atoms with van der Waals surface area (Å²) in [4.78, 5) is 15.4. The monoisotopic (exact) mass is 837 g/mol. The van der Waals surface area contributed by atoms with E-state index in [4.69, 9.17) is 15.0 Å². The predicted molar refractivity (Wildman–Crippen MR) is 267 cm³/mol. The Morgan fingerprint density at radius 2 is 0.561 bits per heavy atom. The Morgan fingerprint density at radius 1 is 0.212 bits per heavy atom. The smallest absolute Gasteiger partial charge is 0.164 e. The highest BCUT2D eigenvalue weighted by Crippen LogP contribution is 2.68. The molecular weight excluding hydrogens is 799 g/mol. The van der Waals surface area contributed by atoms with Crippen molar-refractivity contribution in [1.29, 1.82) is 0 Å². The molecule has 0 unspecified atom stereocenters. The first kappa shape index (κ1) is 36.9. The standard InChI is InChI=1S/C63H39N3/c1-3-20-40(21-4-1)59-64-60(41-22-5-2-6-23-41)66-61(65-59)48-39-38-44(42-24-7-8-25-43(42)48)47-29-19-37-57-58(47)49-28-11-14-32-52(49)63(57)55-35-17-15-33-53(55)62(54-34-16-18-36-56(54)63)50-30-12-9-26-45(50)46-27-10-13-31-51(46)62/h1-39H. The van der Waals surface area contributed by atoms with Gasteiger partial charge >= 0.3 is 0 Å². The Kier molecular flexibility index (Phi) is 7.82. The second kappa shape index (κ2) is 14.0. The molecule has 14 rings (SSSR count). The Hall–Kier alpha value is -8.53. The van der Waals surface area contributed by atoms with Gasteiger partial charge in [-0.3, -0.25) is 0 Å². The zero-order chi connectivity index (χ0) is 43.4. The van der Waals surface area contributed by atoms with Gasteiger partial charge in [0.1, 0.15) is 0 Å². The fourth-order valence-electron chi connectivity index (χ4n) is 12.2. The van der Waals surface area contributed by atoms with Crippen LogP contribution in [0.5, 0.6) is 0 Å². The topological polar surface area (TPSA) is 38.7 Å². The maximum atomic E-state index is 5.18. The molecule has 10 aromatic carbocycles. The van der Waals surface area contributed by atoms with Gasteiger partial charge < -0.3 is 0 Å². The van der Waals surface area contributed by atoms with Crippen molar-refractivity contribution in [3.63, 3.8) is 0 Å². The number of hydrogen-bond donors (Lipinski definition) is 0. The summed E-state index contributed by atoms with van der Waals surface area (Å²) in [5.41, 5.74) is 20.0. The number of aromatic nitrogens is 3. The Balaban J connectivity index is 1.02. The first-order chi connectivity index (χ1) is 32.8. The molecule has 3 nitrogen and oxygen atoms in total. The lowest BCUT2D eigenvalue weighted by molar-refractivity contribution is 0.633. The highest BCUT2D eigenvalue weighted by molar-refractivity contribution is 6.08. The van der Waals surface area contributed by atoms with Crippen molar-refractivity contribution in [2.75, 3.05) is 0 Å². The summed E-state index contributed by atoms with van der Waals surface area (Å²) < 4.78 is 0. The highest BCUT2D eigenvalue weighted by Gasteiger charge is 2.59. The van der Waals surface area contributed by atoms with Crippen LogP contribution in [0.4, 0.5) is 0 Å². The van der Waals surface area contributed by atoms with Crippen molar-refractivity contribution in [3.8, 4) is 67.5 Å². The van der Waals surface area contributed by atoms with E-state index in [1.807, 2.05) is 36.4 Å². The van der Waals surface area contributed by atoms with Crippen LogP contribution in [-0.2, 0) is 10.8 Å². The molecule has 0 N–H and O–H groups in total. The SMILES string of the molecule is c1ccc(-c2nc(-c3ccccc3)nc(-c3ccc(-c4cccc5c4-c4ccccc4C54c5ccccc5C5(c6ccccc6-c6ccccc65)c5ccccc54)c4ccccc34)n2)cc1. The molecule has 66 heavy (non-hydrogen) atoms. The van der Waals surface area contributed by atoms with Gasteiger partial charge in [-0.15, -0.1) is 0 Å². The Morgan fingerprint density at radius 3 is 1.09 bits per heavy atom. The quantitative estimate of drug-likeness (QED) is 0.177. The van der Waals surface area contributed by atoms with Crippen LogP contribution >= 0.6 is 0 Å². The predicted octanol–water partition coefficient (Wildman–Crippen LogP) is 14.7. The lowest BCUT2D eigenvalue weighted by Gasteiger charge is -2.48. The molecule has 0 bridgehead atoms. The molecular formula is C63H39N3. The van der Waals surface area contributed by atoms with Crippen LogP contribution in [0, 0.1) is 0 Å². The van der Waals surface area contributed by atoms with Gasteiger partial charge in [0.25, 0.3) is 0 Å². The first-order valence-corrected chi connectivity index (χ1v) is 22.8. The summed E-state index contributed by atoms with van der Waals surface area (Å²) in [7, 11) is 0. The van der Waals surface area contributed by atoms with Crippen molar-refractivity contribution in [2.24, 2.45) is 0 Å². The molecule has 2 spiro atoms. The molecule has 0 atom stereocenters. The van der Waals surface area contributed by atoms with Gasteiger partial charge in [-0.25, -0.2) is 15.0 Å². The second-order valence-electron chi connectivity index (χ2n) is 17.7. The average molecular weight is 838 g/mol. The van der Waals surface area contributed by atoms with Crippen molar-refractivity contribution in [3.05, 3.63) is 281 Å². The van der Waals surface area contributed by atoms with Crippen LogP contribution in [0.1, 0.15) is 44.5 Å². The molecule has 3 aliphatic rings. The molecule has 11 aromatic rings. The summed E-state index contributed by atoms with van der Waals surface area (Å²) in [5, 5.41) is 2.24. The molecule has 1 heterocycles. The van der Waals surface area contributed by atoms with E-state index in [1.54, 1.807) is 0 Å². The van der Waals surface area contributed by atoms with Gasteiger partial charge in [-0.1, -0.05) is 231 Å². The van der Waals surface area contributed by atoms with Crippen LogP contribution in [-0.4, -0.2) is 15.0 Å². The Bertz CT molecular complexity index is 3620. The molecule has 3 heteroatoms. The number of nitrogens with zero attached hydrogens (tertiary/aromatic N) is 3. The molecule has 0 saturated carbocycles. The van der Waals surface area contributed by atoms with Crippen LogP contribution < -0.4 is 0 Å². The third-order valence-corrected chi connectivity index (χ3v) is 14.6. The van der Waals surface area contributed by atoms with Crippen LogP contribution in [0.15, 0.2) is 237 Å². The highest BCUT2D eigenvalue weighted by atomic mass is 15.0. The number of benzene rings is 10. The van der Waals surface area contributed by atoms with E-state index in [0.29, 0.717) is 17.5 Å². The van der Waals surface area contributed by atoms with Crippen LogP contribution in [0.2, 0.25) is 0 Å². The summed E-state index contributed by atoms with van der Waals surface area (Å²) >= 11 is 0. The van der Waals surface area contributed by atoms with E-state index in [-0.39, 0.29) is 0 Å². The number of fused-ring (bicyclic) bond motifs is 17. The molecule has 0 radical (unpaired) electrons. The number of rotatable bonds is 4. The Labute approximate surface area is 383 Å². The van der Waals surface area contributed by atoms with Gasteiger partial charge in [-0.05, 0) is 94.7 Å². The summed E-state index contributed by atoms with van der Waals surface area (Å²) in [6.45, 7) is 0. The molecule has 1 aromatic heterocycles. The van der Waals surface area contributed by atoms with E-state index in [1.165, 1.54) is 77.9 Å². The van der Waals surface area contributed by atoms with E-state index >= 15 is 0 Å². The van der Waals surface area contributed by atoms with E-state index in [0.717, 1.165) is 27.5 Å². The zero-order valence-electron chi connectivity index (χ0n) is 35.9. The zero-order valence-corrected chi connectivity index (χ0v) is 35.9. The third kappa shape index (κ3) is 4.84. The molecule has 0 amide bonds. The van der Waals surface area contributed by atoms with Crippen molar-refractivity contribution in [1.82, 2.24) is 15.0 Å². The fraction of sp³-hybridized carbons (Fsp3) is 0.0317. The normalized spacial score (nSPS) is 14.0. The van der Waals surface area contributed by atoms with Gasteiger partial charge in [0.15, 0.2) is 17.5 Å². The van der Waals surface area contributed by atoms with E-state index in [2.05, 4.69) is 200 Å². The van der Waals surface area contributed by atoms with E-state index < -0.39 is 10.8 Å². The van der Waals surface area contributed by atoms with Crippen LogP contribution in [0.25, 0.3) is 78.3 Å². The lowest BCUT2D eigenvalue weighted by Crippen LogP contribution is -2.43. The maximum absolute atomic E-state index is 5.18. The fourth-order valence-corrected chi connectivity index (χ4v) is 12.2. The van der Waals surface area contributed by atoms with Crippen LogP contribution in [0.3, 0.4) is 0 Å².